The van der Waals surface area contributed by atoms with Crippen LogP contribution in [0.25, 0.3) is 11.2 Å². The molecule has 10 nitrogen and oxygen atoms in total. The molecule has 0 aromatic carbocycles. The number of hydrogen-bond acceptors (Lipinski definition) is 7. The highest BCUT2D eigenvalue weighted by atomic mass is 19.4. The SMILES string of the molecule is CCC(O)[C@H]1O[C@@H](n2c(=O)n(CC(F)(F)F)c3c(=O)[nH]c(N)nc32)[C@H](O)[C@H]1F. The van der Waals surface area contributed by atoms with E-state index < -0.39 is 71.8 Å². The molecule has 14 heteroatoms. The highest BCUT2D eigenvalue weighted by Gasteiger charge is 2.49. The number of anilines is 1. The maximum atomic E-state index is 14.4. The van der Waals surface area contributed by atoms with Crippen LogP contribution in [0.5, 0.6) is 0 Å². The number of aromatic nitrogens is 4. The van der Waals surface area contributed by atoms with Crippen molar-refractivity contribution in [1.29, 1.82) is 0 Å². The number of halogens is 4. The Kier molecular flexibility index (Phi) is 4.97. The van der Waals surface area contributed by atoms with Crippen molar-refractivity contribution in [2.24, 2.45) is 0 Å². The molecule has 0 saturated carbocycles. The van der Waals surface area contributed by atoms with Crippen molar-refractivity contribution in [3.63, 3.8) is 0 Å². The third kappa shape index (κ3) is 3.27. The van der Waals surface area contributed by atoms with Gasteiger partial charge in [-0.15, -0.1) is 0 Å². The molecule has 28 heavy (non-hydrogen) atoms. The Hall–Kier alpha value is -2.45. The number of imidazole rings is 1. The molecule has 156 valence electrons. The molecule has 1 aliphatic heterocycles. The van der Waals surface area contributed by atoms with E-state index in [1.165, 1.54) is 6.92 Å². The van der Waals surface area contributed by atoms with Gasteiger partial charge in [-0.3, -0.25) is 14.3 Å². The number of aliphatic hydroxyl groups excluding tert-OH is 2. The van der Waals surface area contributed by atoms with E-state index in [1.807, 2.05) is 4.98 Å². The number of aliphatic hydroxyl groups is 2. The Balaban J connectivity index is 2.23. The quantitative estimate of drug-likeness (QED) is 0.491. The fraction of sp³-hybridized carbons (Fsp3) is 0.643. The van der Waals surface area contributed by atoms with E-state index in [1.54, 1.807) is 0 Å². The summed E-state index contributed by atoms with van der Waals surface area (Å²) in [7, 11) is 0. The van der Waals surface area contributed by atoms with Gasteiger partial charge >= 0.3 is 11.9 Å². The Morgan fingerprint density at radius 1 is 1.39 bits per heavy atom. The zero-order valence-corrected chi connectivity index (χ0v) is 14.4. The molecule has 0 radical (unpaired) electrons. The van der Waals surface area contributed by atoms with Gasteiger partial charge in [0.15, 0.2) is 23.6 Å². The first-order chi connectivity index (χ1) is 13.0. The lowest BCUT2D eigenvalue weighted by molar-refractivity contribution is -0.140. The van der Waals surface area contributed by atoms with Crippen LogP contribution in [0.1, 0.15) is 19.6 Å². The van der Waals surface area contributed by atoms with Crippen molar-refractivity contribution < 1.29 is 32.5 Å². The number of H-pyrrole nitrogens is 1. The average molecular weight is 411 g/mol. The van der Waals surface area contributed by atoms with Crippen LogP contribution in [-0.4, -0.2) is 60.0 Å². The van der Waals surface area contributed by atoms with Gasteiger partial charge in [0.05, 0.1) is 6.10 Å². The number of fused-ring (bicyclic) bond motifs is 1. The Labute approximate surface area is 153 Å². The van der Waals surface area contributed by atoms with E-state index >= 15 is 0 Å². The van der Waals surface area contributed by atoms with Crippen molar-refractivity contribution in [2.75, 3.05) is 5.73 Å². The van der Waals surface area contributed by atoms with E-state index in [4.69, 9.17) is 10.5 Å². The Bertz CT molecular complexity index is 999. The minimum atomic E-state index is -4.87. The monoisotopic (exact) mass is 411 g/mol. The first kappa shape index (κ1) is 20.3. The third-order valence-corrected chi connectivity index (χ3v) is 4.45. The lowest BCUT2D eigenvalue weighted by Crippen LogP contribution is -2.36. The van der Waals surface area contributed by atoms with Gasteiger partial charge in [0.25, 0.3) is 5.56 Å². The van der Waals surface area contributed by atoms with E-state index in [-0.39, 0.29) is 11.0 Å². The number of ether oxygens (including phenoxy) is 1. The fourth-order valence-electron chi connectivity index (χ4n) is 3.17. The smallest absolute Gasteiger partial charge is 0.390 e. The number of nitrogens with one attached hydrogen (secondary N) is 1. The van der Waals surface area contributed by atoms with Crippen molar-refractivity contribution in [3.05, 3.63) is 20.8 Å². The van der Waals surface area contributed by atoms with Crippen LogP contribution in [-0.2, 0) is 11.3 Å². The van der Waals surface area contributed by atoms with Crippen molar-refractivity contribution in [2.45, 2.75) is 56.8 Å². The second-order valence-electron chi connectivity index (χ2n) is 6.38. The second-order valence-corrected chi connectivity index (χ2v) is 6.38. The number of nitrogen functional groups attached to an aromatic ring is 1. The Morgan fingerprint density at radius 3 is 2.61 bits per heavy atom. The molecule has 0 aliphatic carbocycles. The minimum Gasteiger partial charge on any atom is -0.390 e. The lowest BCUT2D eigenvalue weighted by Gasteiger charge is -2.18. The number of nitrogens with two attached hydrogens (primary N) is 1. The maximum absolute atomic E-state index is 14.4. The topological polar surface area (TPSA) is 148 Å². The first-order valence-corrected chi connectivity index (χ1v) is 8.19. The number of aromatic amines is 1. The molecule has 0 spiro atoms. The minimum absolute atomic E-state index is 0.0557. The number of nitrogens with zero attached hydrogens (tertiary/aromatic N) is 3. The highest BCUT2D eigenvalue weighted by molar-refractivity contribution is 5.71. The molecule has 0 amide bonds. The van der Waals surface area contributed by atoms with Crippen LogP contribution in [0.2, 0.25) is 0 Å². The zero-order valence-electron chi connectivity index (χ0n) is 14.4. The van der Waals surface area contributed by atoms with Crippen LogP contribution in [0.15, 0.2) is 9.59 Å². The van der Waals surface area contributed by atoms with Crippen LogP contribution in [0, 0.1) is 0 Å². The van der Waals surface area contributed by atoms with Gasteiger partial charge < -0.3 is 20.7 Å². The molecule has 3 heterocycles. The molecule has 1 fully saturated rings. The average Bonchev–Trinajstić information content (AvgIpc) is 3.01. The summed E-state index contributed by atoms with van der Waals surface area (Å²) in [6.07, 6.45) is -13.6. The molecule has 5 atom stereocenters. The van der Waals surface area contributed by atoms with Gasteiger partial charge in [-0.1, -0.05) is 6.92 Å². The molecular formula is C14H17F4N5O5. The predicted molar refractivity (Wildman–Crippen MR) is 86.2 cm³/mol. The molecule has 2 aromatic rings. The third-order valence-electron chi connectivity index (χ3n) is 4.45. The zero-order chi connectivity index (χ0) is 21.0. The first-order valence-electron chi connectivity index (χ1n) is 8.19. The van der Waals surface area contributed by atoms with Gasteiger partial charge in [-0.05, 0) is 6.42 Å². The van der Waals surface area contributed by atoms with Crippen molar-refractivity contribution in [3.8, 4) is 0 Å². The van der Waals surface area contributed by atoms with Crippen LogP contribution < -0.4 is 17.0 Å². The summed E-state index contributed by atoms with van der Waals surface area (Å²) in [5.41, 5.74) is 1.50. The van der Waals surface area contributed by atoms with Crippen molar-refractivity contribution in [1.82, 2.24) is 19.1 Å². The van der Waals surface area contributed by atoms with Gasteiger partial charge in [-0.2, -0.15) is 18.2 Å². The summed E-state index contributed by atoms with van der Waals surface area (Å²) in [6, 6.07) is 0. The summed E-state index contributed by atoms with van der Waals surface area (Å²) in [5.74, 6) is -0.509. The van der Waals surface area contributed by atoms with Gasteiger partial charge in [0.1, 0.15) is 18.8 Å². The number of hydrogen-bond donors (Lipinski definition) is 4. The van der Waals surface area contributed by atoms with E-state index in [0.717, 1.165) is 0 Å². The van der Waals surface area contributed by atoms with Crippen LogP contribution in [0.3, 0.4) is 0 Å². The molecule has 1 saturated heterocycles. The van der Waals surface area contributed by atoms with Crippen LogP contribution >= 0.6 is 0 Å². The summed E-state index contributed by atoms with van der Waals surface area (Å²) in [6.45, 7) is -0.309. The highest BCUT2D eigenvalue weighted by Crippen LogP contribution is 2.34. The van der Waals surface area contributed by atoms with Gasteiger partial charge in [0.2, 0.25) is 5.95 Å². The standard InChI is InChI=1S/C14H17F4N5O5/c1-2-4(24)8-5(15)7(25)11(28-8)23-9-6(10(26)21-12(19)20-9)22(13(23)27)3-14(16,17)18/h4-5,7-8,11,24-25H,2-3H2,1H3,(H3,19,20,21,26)/t4?,5-,7-,8-,11-/m1/s1. The summed E-state index contributed by atoms with van der Waals surface area (Å²) >= 11 is 0. The van der Waals surface area contributed by atoms with E-state index in [9.17, 15) is 37.4 Å². The van der Waals surface area contributed by atoms with Crippen LogP contribution in [0.4, 0.5) is 23.5 Å². The number of alkyl halides is 4. The summed E-state index contributed by atoms with van der Waals surface area (Å²) < 4.78 is 58.8. The van der Waals surface area contributed by atoms with E-state index in [2.05, 4.69) is 4.98 Å². The molecule has 1 unspecified atom stereocenters. The summed E-state index contributed by atoms with van der Waals surface area (Å²) in [5, 5.41) is 20.0. The largest absolute Gasteiger partial charge is 0.406 e. The van der Waals surface area contributed by atoms with E-state index in [0.29, 0.717) is 4.57 Å². The molecule has 2 aromatic heterocycles. The molecule has 1 aliphatic rings. The number of rotatable bonds is 4. The fourth-order valence-corrected chi connectivity index (χ4v) is 3.17. The predicted octanol–water partition coefficient (Wildman–Crippen LogP) is -0.602. The molecule has 3 rings (SSSR count). The summed E-state index contributed by atoms with van der Waals surface area (Å²) in [4.78, 5) is 30.4. The lowest BCUT2D eigenvalue weighted by atomic mass is 10.1. The normalized spacial score (nSPS) is 26.8. The van der Waals surface area contributed by atoms with Gasteiger partial charge in [-0.25, -0.2) is 13.8 Å². The molecular weight excluding hydrogens is 394 g/mol. The Morgan fingerprint density at radius 2 is 2.04 bits per heavy atom. The van der Waals surface area contributed by atoms with Crippen molar-refractivity contribution >= 4 is 17.1 Å². The maximum Gasteiger partial charge on any atom is 0.406 e. The molecule has 0 bridgehead atoms. The molecule has 5 N–H and O–H groups in total. The second kappa shape index (κ2) is 6.86. The van der Waals surface area contributed by atoms with Gasteiger partial charge in [0, 0.05) is 0 Å².